The van der Waals surface area contributed by atoms with E-state index in [9.17, 15) is 9.59 Å². The van der Waals surface area contributed by atoms with Gasteiger partial charge in [-0.15, -0.1) is 0 Å². The molecule has 2 heterocycles. The summed E-state index contributed by atoms with van der Waals surface area (Å²) >= 11 is 0. The zero-order chi connectivity index (χ0) is 30.7. The van der Waals surface area contributed by atoms with Crippen molar-refractivity contribution < 1.29 is 38.0 Å². The van der Waals surface area contributed by atoms with Gasteiger partial charge in [0.25, 0.3) is 11.8 Å². The first kappa shape index (κ1) is 33.2. The minimum absolute atomic E-state index is 0.152. The fourth-order valence-electron chi connectivity index (χ4n) is 4.32. The second-order valence-corrected chi connectivity index (χ2v) is 9.96. The largest absolute Gasteiger partial charge is 0.377 e. The lowest BCUT2D eigenvalue weighted by Crippen LogP contribution is -2.40. The van der Waals surface area contributed by atoms with Crippen molar-refractivity contribution in [3.05, 3.63) is 101 Å². The number of fused-ring (bicyclic) bond motifs is 2. The molecule has 1 aliphatic rings. The molecule has 1 aliphatic heterocycles. The SMILES string of the molecule is O=C1NCCOCCO[C@@H](COCc2ccccc2)[C@H](COCc2ccccc2)OCCOCCNC(=O)c2cccc1n2. The number of rotatable bonds is 8. The van der Waals surface area contributed by atoms with Gasteiger partial charge in [0.1, 0.15) is 23.6 Å². The Morgan fingerprint density at radius 1 is 0.591 bits per heavy atom. The Bertz CT molecular complexity index is 1160. The van der Waals surface area contributed by atoms with Crippen molar-refractivity contribution >= 4 is 11.8 Å². The highest BCUT2D eigenvalue weighted by Crippen LogP contribution is 2.11. The van der Waals surface area contributed by atoms with E-state index < -0.39 is 12.2 Å². The average Bonchev–Trinajstić information content (AvgIpc) is 3.06. The van der Waals surface area contributed by atoms with Crippen LogP contribution in [0.5, 0.6) is 0 Å². The van der Waals surface area contributed by atoms with Crippen LogP contribution in [-0.4, -0.2) is 95.0 Å². The number of benzene rings is 2. The predicted octanol–water partition coefficient (Wildman–Crippen LogP) is 2.79. The van der Waals surface area contributed by atoms with Crippen LogP contribution in [0.15, 0.2) is 78.9 Å². The molecule has 1 aromatic heterocycles. The predicted molar refractivity (Wildman–Crippen MR) is 162 cm³/mol. The number of carbonyl (C=O) groups excluding carboxylic acids is 2. The van der Waals surface area contributed by atoms with Crippen LogP contribution in [0.2, 0.25) is 0 Å². The maximum absolute atomic E-state index is 12.5. The second-order valence-electron chi connectivity index (χ2n) is 9.96. The van der Waals surface area contributed by atoms with Crippen LogP contribution >= 0.6 is 0 Å². The molecular formula is C33H41N3O8. The maximum Gasteiger partial charge on any atom is 0.269 e. The summed E-state index contributed by atoms with van der Waals surface area (Å²) in [5, 5.41) is 5.51. The summed E-state index contributed by atoms with van der Waals surface area (Å²) in [7, 11) is 0. The molecule has 11 nitrogen and oxygen atoms in total. The van der Waals surface area contributed by atoms with Gasteiger partial charge in [-0.25, -0.2) is 4.98 Å². The van der Waals surface area contributed by atoms with Gasteiger partial charge in [-0.1, -0.05) is 66.7 Å². The fraction of sp³-hybridized carbons (Fsp3) is 0.424. The third kappa shape index (κ3) is 12.1. The lowest BCUT2D eigenvalue weighted by atomic mass is 10.2. The summed E-state index contributed by atoms with van der Waals surface area (Å²) in [5.74, 6) is -0.778. The van der Waals surface area contributed by atoms with E-state index in [-0.39, 0.29) is 62.7 Å². The number of hydrogen-bond acceptors (Lipinski definition) is 9. The molecule has 236 valence electrons. The molecule has 0 saturated heterocycles. The molecule has 0 saturated carbocycles. The molecule has 3 aromatic rings. The van der Waals surface area contributed by atoms with Gasteiger partial charge in [-0.05, 0) is 23.3 Å². The Labute approximate surface area is 258 Å². The molecule has 44 heavy (non-hydrogen) atoms. The Hall–Kier alpha value is -3.71. The Morgan fingerprint density at radius 2 is 1.05 bits per heavy atom. The van der Waals surface area contributed by atoms with E-state index in [1.807, 2.05) is 60.7 Å². The average molecular weight is 608 g/mol. The van der Waals surface area contributed by atoms with Crippen molar-refractivity contribution in [2.45, 2.75) is 25.4 Å². The maximum atomic E-state index is 12.5. The normalized spacial score (nSPS) is 19.7. The Balaban J connectivity index is 1.37. The van der Waals surface area contributed by atoms with Crippen molar-refractivity contribution in [2.75, 3.05) is 65.9 Å². The highest BCUT2D eigenvalue weighted by molar-refractivity contribution is 5.96. The van der Waals surface area contributed by atoms with Crippen molar-refractivity contribution in [2.24, 2.45) is 0 Å². The number of carbonyl (C=O) groups is 2. The first-order valence-corrected chi connectivity index (χ1v) is 14.8. The molecular weight excluding hydrogens is 566 g/mol. The Kier molecular flexibility index (Phi) is 14.7. The van der Waals surface area contributed by atoms with Gasteiger partial charge in [-0.2, -0.15) is 0 Å². The number of nitrogens with one attached hydrogen (secondary N) is 2. The number of ether oxygens (including phenoxy) is 6. The number of amides is 2. The molecule has 2 amide bonds. The van der Waals surface area contributed by atoms with Gasteiger partial charge in [0, 0.05) is 13.1 Å². The molecule has 2 bridgehead atoms. The highest BCUT2D eigenvalue weighted by atomic mass is 16.6. The zero-order valence-electron chi connectivity index (χ0n) is 24.9. The van der Waals surface area contributed by atoms with Crippen LogP contribution in [0, 0.1) is 0 Å². The molecule has 0 fully saturated rings. The fourth-order valence-corrected chi connectivity index (χ4v) is 4.32. The van der Waals surface area contributed by atoms with Crippen molar-refractivity contribution in [3.8, 4) is 0 Å². The Morgan fingerprint density at radius 3 is 1.50 bits per heavy atom. The van der Waals surface area contributed by atoms with Gasteiger partial charge in [0.2, 0.25) is 0 Å². The molecule has 0 aliphatic carbocycles. The zero-order valence-corrected chi connectivity index (χ0v) is 24.9. The highest BCUT2D eigenvalue weighted by Gasteiger charge is 2.24. The topological polar surface area (TPSA) is 126 Å². The smallest absolute Gasteiger partial charge is 0.269 e. The molecule has 2 atom stereocenters. The van der Waals surface area contributed by atoms with E-state index >= 15 is 0 Å². The summed E-state index contributed by atoms with van der Waals surface area (Å²) in [4.78, 5) is 29.2. The molecule has 2 N–H and O–H groups in total. The minimum atomic E-state index is -0.441. The van der Waals surface area contributed by atoms with Gasteiger partial charge < -0.3 is 39.1 Å². The molecule has 0 radical (unpaired) electrons. The van der Waals surface area contributed by atoms with E-state index in [4.69, 9.17) is 28.4 Å². The summed E-state index contributed by atoms with van der Waals surface area (Å²) < 4.78 is 35.9. The summed E-state index contributed by atoms with van der Waals surface area (Å²) in [5.41, 5.74) is 2.42. The summed E-state index contributed by atoms with van der Waals surface area (Å²) in [6, 6.07) is 24.6. The molecule has 0 unspecified atom stereocenters. The first-order chi connectivity index (χ1) is 21.7. The van der Waals surface area contributed by atoms with Crippen LogP contribution in [0.1, 0.15) is 32.1 Å². The minimum Gasteiger partial charge on any atom is -0.377 e. The number of aromatic nitrogens is 1. The first-order valence-electron chi connectivity index (χ1n) is 14.8. The molecule has 4 rings (SSSR count). The van der Waals surface area contributed by atoms with Gasteiger partial charge >= 0.3 is 0 Å². The second kappa shape index (κ2) is 19.5. The summed E-state index contributed by atoms with van der Waals surface area (Å²) in [6.45, 7) is 3.73. The van der Waals surface area contributed by atoms with E-state index in [0.717, 1.165) is 11.1 Å². The van der Waals surface area contributed by atoms with Crippen LogP contribution in [0.3, 0.4) is 0 Å². The van der Waals surface area contributed by atoms with Crippen LogP contribution in [-0.2, 0) is 41.6 Å². The van der Waals surface area contributed by atoms with Crippen LogP contribution < -0.4 is 10.6 Å². The van der Waals surface area contributed by atoms with E-state index in [1.54, 1.807) is 18.2 Å². The van der Waals surface area contributed by atoms with Crippen molar-refractivity contribution in [1.82, 2.24) is 15.6 Å². The lowest BCUT2D eigenvalue weighted by Gasteiger charge is -2.27. The number of hydrogen-bond donors (Lipinski definition) is 2. The summed E-state index contributed by atoms with van der Waals surface area (Å²) in [6.07, 6.45) is -0.882. The molecule has 0 spiro atoms. The third-order valence-corrected chi connectivity index (χ3v) is 6.60. The molecule has 11 heteroatoms. The van der Waals surface area contributed by atoms with Gasteiger partial charge in [-0.3, -0.25) is 9.59 Å². The number of pyridine rings is 1. The van der Waals surface area contributed by atoms with Gasteiger partial charge in [0.15, 0.2) is 0 Å². The van der Waals surface area contributed by atoms with E-state index in [2.05, 4.69) is 15.6 Å². The van der Waals surface area contributed by atoms with Crippen molar-refractivity contribution in [1.29, 1.82) is 0 Å². The van der Waals surface area contributed by atoms with E-state index in [1.165, 1.54) is 0 Å². The van der Waals surface area contributed by atoms with Crippen LogP contribution in [0.4, 0.5) is 0 Å². The van der Waals surface area contributed by atoms with Crippen molar-refractivity contribution in [3.63, 3.8) is 0 Å². The number of nitrogens with zero attached hydrogens (tertiary/aromatic N) is 1. The lowest BCUT2D eigenvalue weighted by molar-refractivity contribution is -0.141. The monoisotopic (exact) mass is 607 g/mol. The third-order valence-electron chi connectivity index (χ3n) is 6.60. The van der Waals surface area contributed by atoms with Gasteiger partial charge in [0.05, 0.1) is 66.1 Å². The quantitative estimate of drug-likeness (QED) is 0.398. The van der Waals surface area contributed by atoms with E-state index in [0.29, 0.717) is 39.6 Å². The molecule has 2 aromatic carbocycles. The standard InChI is InChI=1S/C33H41N3O8/c37-32-28-12-7-13-29(36-28)33(38)35-15-17-40-19-21-44-31(25-42-23-27-10-5-2-6-11-27)30(43-20-18-39-16-14-34-32)24-41-22-26-8-3-1-4-9-26/h1-13,30-31H,14-25H2,(H,34,37)(H,35,38)/t30-,31-/m0/s1. The van der Waals surface area contributed by atoms with Crippen LogP contribution in [0.25, 0.3) is 0 Å².